The molecule has 2 atom stereocenters. The van der Waals surface area contributed by atoms with Crippen molar-refractivity contribution in [3.63, 3.8) is 0 Å². The van der Waals surface area contributed by atoms with Gasteiger partial charge in [-0.05, 0) is 25.2 Å². The van der Waals surface area contributed by atoms with Gasteiger partial charge in [-0.25, -0.2) is 0 Å². The molecule has 0 aromatic rings. The number of aliphatic carboxylic acids is 1. The van der Waals surface area contributed by atoms with Gasteiger partial charge in [0.1, 0.15) is 6.04 Å². The third kappa shape index (κ3) is 3.57. The average Bonchev–Trinajstić information content (AvgIpc) is 2.45. The first-order valence-electron chi connectivity index (χ1n) is 8.08. The zero-order chi connectivity index (χ0) is 15.6. The van der Waals surface area contributed by atoms with Gasteiger partial charge in [-0.15, -0.1) is 0 Å². The minimum absolute atomic E-state index is 0.0980. The number of rotatable bonds is 3. The van der Waals surface area contributed by atoms with Crippen LogP contribution in [0.5, 0.6) is 0 Å². The number of nitrogens with zero attached hydrogens (tertiary/aromatic N) is 2. The Labute approximate surface area is 127 Å². The van der Waals surface area contributed by atoms with Gasteiger partial charge in [0.25, 0.3) is 0 Å². The Morgan fingerprint density at radius 1 is 1.14 bits per heavy atom. The molecule has 0 radical (unpaired) electrons. The highest BCUT2D eigenvalue weighted by molar-refractivity contribution is 5.80. The van der Waals surface area contributed by atoms with Crippen molar-refractivity contribution < 1.29 is 14.7 Å². The molecule has 1 aliphatic carbocycles. The van der Waals surface area contributed by atoms with Crippen LogP contribution < -0.4 is 0 Å². The lowest BCUT2D eigenvalue weighted by Crippen LogP contribution is -2.55. The molecule has 120 valence electrons. The fourth-order valence-electron chi connectivity index (χ4n) is 3.66. The highest BCUT2D eigenvalue weighted by Gasteiger charge is 2.40. The molecule has 2 aliphatic rings. The molecule has 21 heavy (non-hydrogen) atoms. The molecule has 0 spiro atoms. The molecule has 0 aromatic carbocycles. The third-order valence-corrected chi connectivity index (χ3v) is 5.34. The molecular weight excluding hydrogens is 268 g/mol. The molecular formula is C16H28N2O3. The van der Waals surface area contributed by atoms with E-state index in [9.17, 15) is 9.59 Å². The van der Waals surface area contributed by atoms with Crippen LogP contribution in [0.15, 0.2) is 0 Å². The molecule has 1 amide bonds. The highest BCUT2D eigenvalue weighted by Crippen LogP contribution is 2.41. The van der Waals surface area contributed by atoms with Gasteiger partial charge in [-0.2, -0.15) is 0 Å². The second-order valence-electron chi connectivity index (χ2n) is 7.16. The zero-order valence-corrected chi connectivity index (χ0v) is 13.5. The lowest BCUT2D eigenvalue weighted by Gasteiger charge is -2.43. The van der Waals surface area contributed by atoms with Crippen LogP contribution in [0.25, 0.3) is 0 Å². The van der Waals surface area contributed by atoms with Crippen LogP contribution in [0, 0.1) is 11.3 Å². The van der Waals surface area contributed by atoms with Crippen molar-refractivity contribution in [1.29, 1.82) is 0 Å². The lowest BCUT2D eigenvalue weighted by atomic mass is 9.68. The number of carboxylic acids is 1. The van der Waals surface area contributed by atoms with Gasteiger partial charge in [0.15, 0.2) is 0 Å². The van der Waals surface area contributed by atoms with Crippen molar-refractivity contribution in [2.24, 2.45) is 11.3 Å². The Bertz CT molecular complexity index is 400. The zero-order valence-electron chi connectivity index (χ0n) is 13.5. The topological polar surface area (TPSA) is 60.9 Å². The molecule has 5 heteroatoms. The Morgan fingerprint density at radius 3 is 2.29 bits per heavy atom. The molecule has 0 bridgehead atoms. The first-order valence-corrected chi connectivity index (χ1v) is 8.08. The second kappa shape index (κ2) is 6.34. The maximum absolute atomic E-state index is 12.8. The normalized spacial score (nSPS) is 28.1. The van der Waals surface area contributed by atoms with Crippen molar-refractivity contribution in [1.82, 2.24) is 9.80 Å². The van der Waals surface area contributed by atoms with Gasteiger partial charge >= 0.3 is 5.97 Å². The molecule has 2 unspecified atom stereocenters. The van der Waals surface area contributed by atoms with E-state index in [1.165, 1.54) is 6.42 Å². The van der Waals surface area contributed by atoms with E-state index in [4.69, 9.17) is 5.11 Å². The standard InChI is InChI=1S/C16H28N2O3/c1-12(15(20)21)17-8-10-18(11-9-17)14(19)13-6-4-5-7-16(13,2)3/h12-13H,4-11H2,1-3H3,(H,20,21). The van der Waals surface area contributed by atoms with E-state index < -0.39 is 12.0 Å². The van der Waals surface area contributed by atoms with Crippen molar-refractivity contribution in [2.75, 3.05) is 26.2 Å². The van der Waals surface area contributed by atoms with Crippen molar-refractivity contribution in [2.45, 2.75) is 52.5 Å². The highest BCUT2D eigenvalue weighted by atomic mass is 16.4. The summed E-state index contributed by atoms with van der Waals surface area (Å²) in [6.45, 7) is 8.75. The SMILES string of the molecule is CC(C(=O)O)N1CCN(C(=O)C2CCCCC2(C)C)CC1. The van der Waals surface area contributed by atoms with Crippen LogP contribution in [-0.4, -0.2) is 59.0 Å². The largest absolute Gasteiger partial charge is 0.480 e. The van der Waals surface area contributed by atoms with Crippen LogP contribution in [0.1, 0.15) is 46.5 Å². The monoisotopic (exact) mass is 296 g/mol. The summed E-state index contributed by atoms with van der Waals surface area (Å²) in [5.41, 5.74) is 0.0980. The van der Waals surface area contributed by atoms with Gasteiger partial charge in [0.05, 0.1) is 0 Å². The molecule has 0 aromatic heterocycles. The number of amides is 1. The van der Waals surface area contributed by atoms with E-state index in [1.54, 1.807) is 6.92 Å². The van der Waals surface area contributed by atoms with Crippen LogP contribution in [0.3, 0.4) is 0 Å². The van der Waals surface area contributed by atoms with Crippen LogP contribution >= 0.6 is 0 Å². The van der Waals surface area contributed by atoms with Crippen molar-refractivity contribution in [3.8, 4) is 0 Å². The van der Waals surface area contributed by atoms with Crippen LogP contribution in [0.4, 0.5) is 0 Å². The Hall–Kier alpha value is -1.10. The Morgan fingerprint density at radius 2 is 1.76 bits per heavy atom. The molecule has 1 aliphatic heterocycles. The number of carbonyl (C=O) groups excluding carboxylic acids is 1. The summed E-state index contributed by atoms with van der Waals surface area (Å²) in [6, 6.07) is -0.464. The molecule has 1 saturated heterocycles. The van der Waals surface area contributed by atoms with Gasteiger partial charge in [0, 0.05) is 32.1 Å². The number of hydrogen-bond acceptors (Lipinski definition) is 3. The van der Waals surface area contributed by atoms with Gasteiger partial charge in [0.2, 0.25) is 5.91 Å². The number of hydrogen-bond donors (Lipinski definition) is 1. The summed E-state index contributed by atoms with van der Waals surface area (Å²) in [5, 5.41) is 9.06. The summed E-state index contributed by atoms with van der Waals surface area (Å²) >= 11 is 0. The Kier molecular flexibility index (Phi) is 4.91. The number of carboxylic acid groups (broad SMARTS) is 1. The first kappa shape index (κ1) is 16.3. The number of piperazine rings is 1. The van der Waals surface area contributed by atoms with Gasteiger partial charge < -0.3 is 10.0 Å². The van der Waals surface area contributed by atoms with Crippen molar-refractivity contribution >= 4 is 11.9 Å². The minimum Gasteiger partial charge on any atom is -0.480 e. The van der Waals surface area contributed by atoms with Crippen LogP contribution in [-0.2, 0) is 9.59 Å². The molecule has 1 heterocycles. The Balaban J connectivity index is 1.92. The average molecular weight is 296 g/mol. The fourth-order valence-corrected chi connectivity index (χ4v) is 3.66. The summed E-state index contributed by atoms with van der Waals surface area (Å²) in [4.78, 5) is 27.7. The minimum atomic E-state index is -0.789. The van der Waals surface area contributed by atoms with E-state index in [0.29, 0.717) is 26.2 Å². The van der Waals surface area contributed by atoms with E-state index in [1.807, 2.05) is 9.80 Å². The molecule has 1 N–H and O–H groups in total. The summed E-state index contributed by atoms with van der Waals surface area (Å²) < 4.78 is 0. The van der Waals surface area contributed by atoms with E-state index in [-0.39, 0.29) is 17.2 Å². The third-order valence-electron chi connectivity index (χ3n) is 5.34. The maximum Gasteiger partial charge on any atom is 0.320 e. The van der Waals surface area contributed by atoms with Crippen LogP contribution in [0.2, 0.25) is 0 Å². The first-order chi connectivity index (χ1) is 9.83. The van der Waals surface area contributed by atoms with E-state index in [2.05, 4.69) is 13.8 Å². The van der Waals surface area contributed by atoms with Gasteiger partial charge in [-0.3, -0.25) is 14.5 Å². The fraction of sp³-hybridized carbons (Fsp3) is 0.875. The number of carbonyl (C=O) groups is 2. The predicted molar refractivity (Wildman–Crippen MR) is 81.0 cm³/mol. The molecule has 2 rings (SSSR count). The molecule has 2 fully saturated rings. The lowest BCUT2D eigenvalue weighted by molar-refractivity contribution is -0.146. The molecule has 1 saturated carbocycles. The van der Waals surface area contributed by atoms with Crippen molar-refractivity contribution in [3.05, 3.63) is 0 Å². The maximum atomic E-state index is 12.8. The van der Waals surface area contributed by atoms with Gasteiger partial charge in [-0.1, -0.05) is 26.7 Å². The predicted octanol–water partition coefficient (Wildman–Crippen LogP) is 1.82. The summed E-state index contributed by atoms with van der Waals surface area (Å²) in [6.07, 6.45) is 4.49. The molecule has 5 nitrogen and oxygen atoms in total. The quantitative estimate of drug-likeness (QED) is 0.863. The van der Waals surface area contributed by atoms with E-state index >= 15 is 0 Å². The summed E-state index contributed by atoms with van der Waals surface area (Å²) in [7, 11) is 0. The van der Waals surface area contributed by atoms with E-state index in [0.717, 1.165) is 19.3 Å². The summed E-state index contributed by atoms with van der Waals surface area (Å²) in [5.74, 6) is -0.375. The second-order valence-corrected chi connectivity index (χ2v) is 7.16. The smallest absolute Gasteiger partial charge is 0.320 e.